The molecule has 0 aromatic rings. The summed E-state index contributed by atoms with van der Waals surface area (Å²) in [5.41, 5.74) is 0. The maximum atomic E-state index is 7.19. The van der Waals surface area contributed by atoms with E-state index in [2.05, 4.69) is 16.0 Å². The summed E-state index contributed by atoms with van der Waals surface area (Å²) in [6, 6.07) is 0. The molecule has 4 heteroatoms. The number of rotatable bonds is 4. The molecule has 8 rings (SSSR count). The van der Waals surface area contributed by atoms with Gasteiger partial charge in [-0.3, -0.25) is 16.0 Å². The highest BCUT2D eigenvalue weighted by Crippen LogP contribution is 2.58. The quantitative estimate of drug-likeness (QED) is 0.322. The summed E-state index contributed by atoms with van der Waals surface area (Å²) in [6.45, 7) is 0. The predicted molar refractivity (Wildman–Crippen MR) is 167 cm³/mol. The van der Waals surface area contributed by atoms with Crippen molar-refractivity contribution in [3.63, 3.8) is 0 Å². The molecule has 0 aromatic carbocycles. The largest absolute Gasteiger partial charge is 0.374 e. The van der Waals surface area contributed by atoms with Crippen molar-refractivity contribution in [1.29, 1.82) is 0 Å². The fourth-order valence-corrected chi connectivity index (χ4v) is 12.7. The molecule has 232 valence electrons. The third-order valence-corrected chi connectivity index (χ3v) is 14.6. The third-order valence-electron chi connectivity index (χ3n) is 14.6. The second-order valence-corrected chi connectivity index (χ2v) is 16.7. The SMILES string of the molecule is C1CCC(C2CCC3OC4CC(C5NC(C6CCCCC6)NC(C6CCCCC6)N5)C5CCCCC5C4C3C2)CC1. The van der Waals surface area contributed by atoms with Crippen LogP contribution in [0.4, 0.5) is 0 Å². The van der Waals surface area contributed by atoms with E-state index in [1.54, 1.807) is 0 Å². The first-order valence-corrected chi connectivity index (χ1v) is 19.3. The van der Waals surface area contributed by atoms with Gasteiger partial charge in [-0.2, -0.15) is 0 Å². The van der Waals surface area contributed by atoms with E-state index in [4.69, 9.17) is 4.74 Å². The number of hydrogen-bond donors (Lipinski definition) is 3. The second-order valence-electron chi connectivity index (χ2n) is 16.7. The van der Waals surface area contributed by atoms with Crippen LogP contribution in [0.5, 0.6) is 0 Å². The highest BCUT2D eigenvalue weighted by molar-refractivity contribution is 5.07. The normalized spacial score (nSPS) is 48.7. The molecule has 0 amide bonds. The number of nitrogens with one attached hydrogen (secondary N) is 3. The molecule has 10 unspecified atom stereocenters. The maximum absolute atomic E-state index is 7.19. The first-order chi connectivity index (χ1) is 20.3. The highest BCUT2D eigenvalue weighted by atomic mass is 16.5. The topological polar surface area (TPSA) is 45.3 Å². The molecule has 41 heavy (non-hydrogen) atoms. The van der Waals surface area contributed by atoms with Crippen LogP contribution in [0.15, 0.2) is 0 Å². The molecule has 6 saturated carbocycles. The zero-order valence-electron chi connectivity index (χ0n) is 26.3. The Hall–Kier alpha value is -0.160. The van der Waals surface area contributed by atoms with Gasteiger partial charge in [0, 0.05) is 0 Å². The van der Waals surface area contributed by atoms with Crippen LogP contribution in [0.3, 0.4) is 0 Å². The lowest BCUT2D eigenvalue weighted by molar-refractivity contribution is -0.0709. The monoisotopic (exact) mass is 565 g/mol. The van der Waals surface area contributed by atoms with Gasteiger partial charge in [0.2, 0.25) is 0 Å². The molecule has 8 aliphatic rings. The summed E-state index contributed by atoms with van der Waals surface area (Å²) in [5, 5.41) is 12.8. The standard InChI is InChI=1S/C37H63N3O/c1-4-12-24(13-5-1)27-20-21-32-31(22-27)34-29-19-11-10-18-28(29)30(23-33(34)41-32)37-39-35(25-14-6-2-7-15-25)38-36(40-37)26-16-8-3-9-17-26/h24-40H,1-23H2. The summed E-state index contributed by atoms with van der Waals surface area (Å²) >= 11 is 0. The minimum absolute atomic E-state index is 0.475. The summed E-state index contributed by atoms with van der Waals surface area (Å²) in [6.07, 6.45) is 36.1. The van der Waals surface area contributed by atoms with Crippen LogP contribution < -0.4 is 16.0 Å². The molecule has 3 N–H and O–H groups in total. The average molecular weight is 566 g/mol. The highest BCUT2D eigenvalue weighted by Gasteiger charge is 2.58. The van der Waals surface area contributed by atoms with Crippen molar-refractivity contribution in [3.05, 3.63) is 0 Å². The molecule has 4 nitrogen and oxygen atoms in total. The van der Waals surface area contributed by atoms with Crippen molar-refractivity contribution in [3.8, 4) is 0 Å². The Kier molecular flexibility index (Phi) is 8.76. The van der Waals surface area contributed by atoms with Gasteiger partial charge in [-0.25, -0.2) is 0 Å². The smallest absolute Gasteiger partial charge is 0.0628 e. The van der Waals surface area contributed by atoms with E-state index >= 15 is 0 Å². The van der Waals surface area contributed by atoms with Crippen LogP contribution in [0, 0.1) is 53.3 Å². The Morgan fingerprint density at radius 1 is 0.341 bits per heavy atom. The average Bonchev–Trinajstić information content (AvgIpc) is 3.43. The Bertz CT molecular complexity index is 821. The summed E-state index contributed by atoms with van der Waals surface area (Å²) < 4.78 is 7.19. The molecule has 10 atom stereocenters. The van der Waals surface area contributed by atoms with Crippen molar-refractivity contribution in [2.45, 2.75) is 178 Å². The van der Waals surface area contributed by atoms with Gasteiger partial charge < -0.3 is 4.74 Å². The van der Waals surface area contributed by atoms with Crippen molar-refractivity contribution in [2.24, 2.45) is 53.3 Å². The Labute approximate surface area is 252 Å². The van der Waals surface area contributed by atoms with Gasteiger partial charge in [-0.1, -0.05) is 83.5 Å². The van der Waals surface area contributed by atoms with Gasteiger partial charge in [0.15, 0.2) is 0 Å². The summed E-state index contributed by atoms with van der Waals surface area (Å²) in [4.78, 5) is 0. The van der Waals surface area contributed by atoms with Gasteiger partial charge in [-0.05, 0) is 117 Å². The molecule has 6 aliphatic carbocycles. The minimum Gasteiger partial charge on any atom is -0.374 e. The molecule has 2 aliphatic heterocycles. The molecular formula is C37H63N3O. The summed E-state index contributed by atoms with van der Waals surface area (Å²) in [7, 11) is 0. The van der Waals surface area contributed by atoms with E-state index in [1.165, 1.54) is 148 Å². The van der Waals surface area contributed by atoms with Crippen LogP contribution in [0.25, 0.3) is 0 Å². The van der Waals surface area contributed by atoms with Gasteiger partial charge in [0.1, 0.15) is 0 Å². The number of fused-ring (bicyclic) bond motifs is 5. The van der Waals surface area contributed by atoms with E-state index in [-0.39, 0.29) is 0 Å². The first kappa shape index (κ1) is 28.3. The van der Waals surface area contributed by atoms with Crippen LogP contribution in [-0.2, 0) is 4.74 Å². The molecule has 2 saturated heterocycles. The predicted octanol–water partition coefficient (Wildman–Crippen LogP) is 8.11. The Morgan fingerprint density at radius 2 is 0.878 bits per heavy atom. The summed E-state index contributed by atoms with van der Waals surface area (Å²) in [5.74, 6) is 8.02. The van der Waals surface area contributed by atoms with Gasteiger partial charge in [0.05, 0.1) is 30.7 Å². The number of hydrogen-bond acceptors (Lipinski definition) is 4. The molecule has 0 aromatic heterocycles. The van der Waals surface area contributed by atoms with Gasteiger partial charge >= 0.3 is 0 Å². The van der Waals surface area contributed by atoms with Crippen LogP contribution in [0.2, 0.25) is 0 Å². The van der Waals surface area contributed by atoms with Crippen LogP contribution in [-0.4, -0.2) is 30.7 Å². The second kappa shape index (κ2) is 12.7. The van der Waals surface area contributed by atoms with Crippen LogP contribution >= 0.6 is 0 Å². The van der Waals surface area contributed by atoms with Crippen molar-refractivity contribution < 1.29 is 4.74 Å². The van der Waals surface area contributed by atoms with Crippen molar-refractivity contribution in [2.75, 3.05) is 0 Å². The van der Waals surface area contributed by atoms with E-state index in [0.29, 0.717) is 30.7 Å². The molecule has 2 heterocycles. The molecule has 8 fully saturated rings. The zero-order chi connectivity index (χ0) is 27.2. The molecule has 0 radical (unpaired) electrons. The van der Waals surface area contributed by atoms with Crippen LogP contribution in [0.1, 0.15) is 148 Å². The molecular weight excluding hydrogens is 502 g/mol. The Balaban J connectivity index is 1.02. The minimum atomic E-state index is 0.475. The molecule has 0 bridgehead atoms. The van der Waals surface area contributed by atoms with Gasteiger partial charge in [-0.15, -0.1) is 0 Å². The van der Waals surface area contributed by atoms with E-state index in [1.807, 2.05) is 0 Å². The maximum Gasteiger partial charge on any atom is 0.0628 e. The van der Waals surface area contributed by atoms with E-state index in [0.717, 1.165) is 53.3 Å². The fraction of sp³-hybridized carbons (Fsp3) is 1.00. The number of ether oxygens (including phenoxy) is 1. The van der Waals surface area contributed by atoms with Crippen molar-refractivity contribution in [1.82, 2.24) is 16.0 Å². The van der Waals surface area contributed by atoms with Crippen molar-refractivity contribution >= 4 is 0 Å². The first-order valence-electron chi connectivity index (χ1n) is 19.3. The zero-order valence-corrected chi connectivity index (χ0v) is 26.3. The lowest BCUT2D eigenvalue weighted by Gasteiger charge is -2.54. The lowest BCUT2D eigenvalue weighted by Crippen LogP contribution is -2.73. The Morgan fingerprint density at radius 3 is 1.51 bits per heavy atom. The molecule has 0 spiro atoms. The van der Waals surface area contributed by atoms with E-state index in [9.17, 15) is 0 Å². The van der Waals surface area contributed by atoms with E-state index < -0.39 is 0 Å². The fourth-order valence-electron chi connectivity index (χ4n) is 12.7. The third kappa shape index (κ3) is 5.72. The van der Waals surface area contributed by atoms with Gasteiger partial charge in [0.25, 0.3) is 0 Å². The lowest BCUT2D eigenvalue weighted by atomic mass is 9.55.